The third-order valence-electron chi connectivity index (χ3n) is 5.26. The summed E-state index contributed by atoms with van der Waals surface area (Å²) in [6.45, 7) is 9.50. The van der Waals surface area contributed by atoms with Gasteiger partial charge in [0.05, 0.1) is 0 Å². The molecule has 0 aromatic heterocycles. The van der Waals surface area contributed by atoms with Gasteiger partial charge in [-0.1, -0.05) is 0 Å². The second-order valence-corrected chi connectivity index (χ2v) is 14.5. The molecule has 0 heterocycles. The molecule has 0 fully saturated rings. The van der Waals surface area contributed by atoms with Gasteiger partial charge in [-0.2, -0.15) is 0 Å². The SMILES string of the molecule is CCCC1=C[CH]([Zr](=[C](C)C(C)C)[CH]2C=Cc3ccccc32)C=C1. The van der Waals surface area contributed by atoms with Crippen LogP contribution >= 0.6 is 0 Å². The average Bonchev–Trinajstić information content (AvgIpc) is 3.16. The molecule has 120 valence electrons. The Balaban J connectivity index is 2.02. The normalized spacial score (nSPS) is 23.3. The molecule has 0 N–H and O–H groups in total. The molecule has 0 aliphatic heterocycles. The third kappa shape index (κ3) is 3.51. The summed E-state index contributed by atoms with van der Waals surface area (Å²) >= 11 is -1.83. The van der Waals surface area contributed by atoms with Crippen LogP contribution in [0.1, 0.15) is 55.3 Å². The van der Waals surface area contributed by atoms with Crippen LogP contribution in [-0.2, 0) is 21.3 Å². The van der Waals surface area contributed by atoms with Crippen LogP contribution < -0.4 is 0 Å². The van der Waals surface area contributed by atoms with E-state index in [2.05, 4.69) is 82.3 Å². The number of fused-ring (bicyclic) bond motifs is 1. The molecular formula is C22H28Zr. The zero-order valence-corrected chi connectivity index (χ0v) is 17.3. The Bertz CT molecular complexity index is 700. The van der Waals surface area contributed by atoms with Crippen molar-refractivity contribution in [3.63, 3.8) is 0 Å². The Labute approximate surface area is 149 Å². The Kier molecular flexibility index (Phi) is 5.47. The maximum atomic E-state index is 2.61. The van der Waals surface area contributed by atoms with Gasteiger partial charge in [0.1, 0.15) is 0 Å². The van der Waals surface area contributed by atoms with Crippen LogP contribution in [0.4, 0.5) is 0 Å². The molecule has 0 spiro atoms. The van der Waals surface area contributed by atoms with Gasteiger partial charge in [0.15, 0.2) is 0 Å². The van der Waals surface area contributed by atoms with E-state index in [1.807, 2.05) is 3.21 Å². The molecule has 0 radical (unpaired) electrons. The van der Waals surface area contributed by atoms with Gasteiger partial charge in [-0.15, -0.1) is 0 Å². The summed E-state index contributed by atoms with van der Waals surface area (Å²) in [6.07, 6.45) is 14.9. The van der Waals surface area contributed by atoms with Crippen LogP contribution in [0.2, 0.25) is 3.63 Å². The Morgan fingerprint density at radius 3 is 2.65 bits per heavy atom. The van der Waals surface area contributed by atoms with E-state index < -0.39 is 21.3 Å². The fourth-order valence-corrected chi connectivity index (χ4v) is 12.9. The molecule has 0 saturated carbocycles. The number of benzene rings is 1. The Morgan fingerprint density at radius 2 is 1.91 bits per heavy atom. The molecule has 1 heteroatoms. The van der Waals surface area contributed by atoms with Crippen LogP contribution in [0, 0.1) is 5.92 Å². The van der Waals surface area contributed by atoms with E-state index in [0.29, 0.717) is 9.54 Å². The molecule has 0 saturated heterocycles. The van der Waals surface area contributed by atoms with Crippen molar-refractivity contribution in [2.24, 2.45) is 5.92 Å². The van der Waals surface area contributed by atoms with Crippen molar-refractivity contribution in [3.05, 3.63) is 65.3 Å². The zero-order chi connectivity index (χ0) is 16.4. The van der Waals surface area contributed by atoms with Crippen LogP contribution in [0.25, 0.3) is 6.08 Å². The average molecular weight is 384 g/mol. The summed E-state index contributed by atoms with van der Waals surface area (Å²) in [7, 11) is 0. The third-order valence-corrected chi connectivity index (χ3v) is 14.5. The molecule has 23 heavy (non-hydrogen) atoms. The minimum absolute atomic E-state index is 0.711. The van der Waals surface area contributed by atoms with E-state index in [1.54, 1.807) is 11.1 Å². The van der Waals surface area contributed by atoms with E-state index in [1.165, 1.54) is 18.4 Å². The summed E-state index contributed by atoms with van der Waals surface area (Å²) in [5.74, 6) is 0.711. The van der Waals surface area contributed by atoms with Gasteiger partial charge in [0, 0.05) is 0 Å². The molecule has 2 aliphatic carbocycles. The second kappa shape index (κ2) is 7.39. The predicted octanol–water partition coefficient (Wildman–Crippen LogP) is 6.31. The quantitative estimate of drug-likeness (QED) is 0.559. The van der Waals surface area contributed by atoms with Crippen LogP contribution in [0.5, 0.6) is 0 Å². The Morgan fingerprint density at radius 1 is 1.13 bits per heavy atom. The van der Waals surface area contributed by atoms with Crippen LogP contribution in [0.15, 0.2) is 54.1 Å². The summed E-state index contributed by atoms with van der Waals surface area (Å²) in [5.41, 5.74) is 4.61. The predicted molar refractivity (Wildman–Crippen MR) is 99.6 cm³/mol. The van der Waals surface area contributed by atoms with Crippen molar-refractivity contribution >= 4 is 9.28 Å². The monoisotopic (exact) mass is 382 g/mol. The van der Waals surface area contributed by atoms with Crippen molar-refractivity contribution < 1.29 is 21.3 Å². The van der Waals surface area contributed by atoms with Gasteiger partial charge in [-0.25, -0.2) is 0 Å². The first-order chi connectivity index (χ1) is 11.1. The maximum absolute atomic E-state index is 2.61. The first kappa shape index (κ1) is 17.0. The van der Waals surface area contributed by atoms with E-state index in [4.69, 9.17) is 0 Å². The minimum atomic E-state index is -1.83. The van der Waals surface area contributed by atoms with Gasteiger partial charge < -0.3 is 0 Å². The molecule has 2 atom stereocenters. The van der Waals surface area contributed by atoms with E-state index >= 15 is 0 Å². The first-order valence-electron chi connectivity index (χ1n) is 8.98. The molecule has 0 amide bonds. The molecule has 2 aliphatic rings. The topological polar surface area (TPSA) is 0 Å². The van der Waals surface area contributed by atoms with Crippen LogP contribution in [-0.4, -0.2) is 3.21 Å². The summed E-state index contributed by atoms with van der Waals surface area (Å²) in [5, 5.41) is 0. The fourth-order valence-electron chi connectivity index (χ4n) is 3.79. The van der Waals surface area contributed by atoms with Gasteiger partial charge in [-0.3, -0.25) is 0 Å². The van der Waals surface area contributed by atoms with Gasteiger partial charge in [-0.05, 0) is 0 Å². The number of rotatable bonds is 5. The fraction of sp³-hybridized carbons (Fsp3) is 0.409. The summed E-state index contributed by atoms with van der Waals surface area (Å²) < 4.78 is 3.27. The number of hydrogen-bond donors (Lipinski definition) is 0. The number of allylic oxidation sites excluding steroid dienone is 5. The van der Waals surface area contributed by atoms with Crippen molar-refractivity contribution in [3.8, 4) is 0 Å². The van der Waals surface area contributed by atoms with E-state index in [9.17, 15) is 0 Å². The molecule has 2 unspecified atom stereocenters. The van der Waals surface area contributed by atoms with Crippen molar-refractivity contribution in [2.45, 2.75) is 47.8 Å². The van der Waals surface area contributed by atoms with Gasteiger partial charge in [0.2, 0.25) is 0 Å². The molecule has 0 nitrogen and oxygen atoms in total. The van der Waals surface area contributed by atoms with Crippen molar-refractivity contribution in [1.29, 1.82) is 0 Å². The van der Waals surface area contributed by atoms with Gasteiger partial charge >= 0.3 is 150 Å². The standard InChI is InChI=1S/C9H7.C8H11.C5H10.Zr/c1-2-5-9-7-3-6-8(9)4-1;1-2-5-8-6-3-4-7-8;1-4-5(2)3;/h1-7H;3-4,6-7H,2,5H2,1H3;5H,1-3H3;. The second-order valence-electron chi connectivity index (χ2n) is 7.14. The summed E-state index contributed by atoms with van der Waals surface area (Å²) in [6, 6.07) is 9.03. The van der Waals surface area contributed by atoms with E-state index in [0.717, 1.165) is 3.63 Å². The summed E-state index contributed by atoms with van der Waals surface area (Å²) in [4.78, 5) is 0. The molecule has 1 aromatic carbocycles. The molecule has 0 bridgehead atoms. The zero-order valence-electron chi connectivity index (χ0n) is 14.8. The van der Waals surface area contributed by atoms with E-state index in [-0.39, 0.29) is 0 Å². The van der Waals surface area contributed by atoms with Gasteiger partial charge in [0.25, 0.3) is 0 Å². The molecule has 1 aromatic rings. The Hall–Kier alpha value is -0.807. The first-order valence-corrected chi connectivity index (χ1v) is 13.0. The van der Waals surface area contributed by atoms with Crippen molar-refractivity contribution in [2.75, 3.05) is 0 Å². The molecule has 3 rings (SSSR count). The molecular weight excluding hydrogens is 355 g/mol. The van der Waals surface area contributed by atoms with Crippen molar-refractivity contribution in [1.82, 2.24) is 0 Å². The number of hydrogen-bond acceptors (Lipinski definition) is 0. The van der Waals surface area contributed by atoms with Crippen LogP contribution in [0.3, 0.4) is 0 Å².